The standard InChI is InChI=1S/C27H33Cl/c1-3-5-6-7-22-14-17-25(18-15-22)26-19-16-24(20-27(26)28)13-12-23-10-8-21(4-2)9-11-23/h14-21,23H,3-11H2,1-2H3/t21-,23-. The second-order valence-electron chi connectivity index (χ2n) is 8.24. The Morgan fingerprint density at radius 3 is 2.32 bits per heavy atom. The first-order chi connectivity index (χ1) is 13.7. The van der Waals surface area contributed by atoms with Crippen molar-refractivity contribution in [3.8, 4) is 23.0 Å². The molecule has 0 saturated heterocycles. The Hall–Kier alpha value is -1.71. The lowest BCUT2D eigenvalue weighted by molar-refractivity contribution is 0.309. The van der Waals surface area contributed by atoms with Crippen LogP contribution in [0.5, 0.6) is 0 Å². The van der Waals surface area contributed by atoms with E-state index in [1.165, 1.54) is 62.5 Å². The summed E-state index contributed by atoms with van der Waals surface area (Å²) in [6, 6.07) is 15.1. The van der Waals surface area contributed by atoms with Crippen LogP contribution < -0.4 is 0 Å². The second kappa shape index (κ2) is 10.7. The molecule has 0 N–H and O–H groups in total. The van der Waals surface area contributed by atoms with Gasteiger partial charge < -0.3 is 0 Å². The molecule has 0 amide bonds. The minimum Gasteiger partial charge on any atom is -0.0945 e. The maximum atomic E-state index is 6.60. The van der Waals surface area contributed by atoms with Gasteiger partial charge in [-0.15, -0.1) is 0 Å². The van der Waals surface area contributed by atoms with Crippen molar-refractivity contribution in [2.75, 3.05) is 0 Å². The van der Waals surface area contributed by atoms with Crippen LogP contribution in [0.1, 0.15) is 76.3 Å². The van der Waals surface area contributed by atoms with Gasteiger partial charge in [0.15, 0.2) is 0 Å². The molecule has 0 aromatic heterocycles. The summed E-state index contributed by atoms with van der Waals surface area (Å²) in [7, 11) is 0. The number of halogens is 1. The Morgan fingerprint density at radius 2 is 1.68 bits per heavy atom. The molecule has 28 heavy (non-hydrogen) atoms. The van der Waals surface area contributed by atoms with Crippen molar-refractivity contribution in [1.29, 1.82) is 0 Å². The summed E-state index contributed by atoms with van der Waals surface area (Å²) in [5.41, 5.74) is 4.72. The predicted octanol–water partition coefficient (Wildman–Crippen LogP) is 8.31. The Bertz CT molecular complexity index is 798. The zero-order valence-electron chi connectivity index (χ0n) is 17.4. The quantitative estimate of drug-likeness (QED) is 0.342. The molecule has 0 aliphatic heterocycles. The summed E-state index contributed by atoms with van der Waals surface area (Å²) in [4.78, 5) is 0. The maximum Gasteiger partial charge on any atom is 0.0496 e. The first-order valence-electron chi connectivity index (χ1n) is 11.1. The van der Waals surface area contributed by atoms with Crippen LogP contribution in [-0.2, 0) is 6.42 Å². The smallest absolute Gasteiger partial charge is 0.0496 e. The maximum absolute atomic E-state index is 6.60. The van der Waals surface area contributed by atoms with Gasteiger partial charge in [0.1, 0.15) is 0 Å². The molecule has 2 aromatic carbocycles. The third kappa shape index (κ3) is 5.89. The fourth-order valence-corrected chi connectivity index (χ4v) is 4.45. The highest BCUT2D eigenvalue weighted by atomic mass is 35.5. The Labute approximate surface area is 176 Å². The fraction of sp³-hybridized carbons (Fsp3) is 0.481. The van der Waals surface area contributed by atoms with Crippen molar-refractivity contribution in [3.05, 3.63) is 58.6 Å². The van der Waals surface area contributed by atoms with E-state index in [4.69, 9.17) is 11.6 Å². The van der Waals surface area contributed by atoms with Gasteiger partial charge in [0, 0.05) is 22.1 Å². The SMILES string of the molecule is CCCCCc1ccc(-c2ccc(C#C[C@H]3CC[C@H](CC)CC3)cc2Cl)cc1. The van der Waals surface area contributed by atoms with Gasteiger partial charge in [-0.3, -0.25) is 0 Å². The topological polar surface area (TPSA) is 0 Å². The normalized spacial score (nSPS) is 19.1. The summed E-state index contributed by atoms with van der Waals surface area (Å²) in [5, 5.41) is 0.792. The van der Waals surface area contributed by atoms with Gasteiger partial charge in [-0.05, 0) is 67.7 Å². The van der Waals surface area contributed by atoms with Crippen LogP contribution in [0.4, 0.5) is 0 Å². The average Bonchev–Trinajstić information content (AvgIpc) is 2.73. The Morgan fingerprint density at radius 1 is 0.929 bits per heavy atom. The molecule has 1 aliphatic rings. The first-order valence-corrected chi connectivity index (χ1v) is 11.5. The zero-order valence-corrected chi connectivity index (χ0v) is 18.2. The molecule has 148 valence electrons. The third-order valence-corrected chi connectivity index (χ3v) is 6.46. The second-order valence-corrected chi connectivity index (χ2v) is 8.65. The van der Waals surface area contributed by atoms with E-state index in [0.29, 0.717) is 5.92 Å². The first kappa shape index (κ1) is 21.0. The summed E-state index contributed by atoms with van der Waals surface area (Å²) in [5.74, 6) is 8.34. The zero-order chi connectivity index (χ0) is 19.8. The fourth-order valence-electron chi connectivity index (χ4n) is 4.16. The van der Waals surface area contributed by atoms with Gasteiger partial charge in [0.2, 0.25) is 0 Å². The van der Waals surface area contributed by atoms with E-state index in [-0.39, 0.29) is 0 Å². The summed E-state index contributed by atoms with van der Waals surface area (Å²) in [6.45, 7) is 4.55. The van der Waals surface area contributed by atoms with Crippen molar-refractivity contribution in [2.24, 2.45) is 11.8 Å². The minimum atomic E-state index is 0.557. The summed E-state index contributed by atoms with van der Waals surface area (Å²) in [6.07, 6.45) is 11.5. The molecule has 0 nitrogen and oxygen atoms in total. The summed E-state index contributed by atoms with van der Waals surface area (Å²) < 4.78 is 0. The van der Waals surface area contributed by atoms with Crippen LogP contribution in [0.15, 0.2) is 42.5 Å². The van der Waals surface area contributed by atoms with Crippen molar-refractivity contribution >= 4 is 11.6 Å². The highest BCUT2D eigenvalue weighted by Gasteiger charge is 2.18. The number of aryl methyl sites for hydroxylation is 1. The lowest BCUT2D eigenvalue weighted by Gasteiger charge is -2.24. The van der Waals surface area contributed by atoms with Crippen LogP contribution >= 0.6 is 11.6 Å². The lowest BCUT2D eigenvalue weighted by Crippen LogP contribution is -2.12. The number of rotatable bonds is 6. The Kier molecular flexibility index (Phi) is 8.05. The molecule has 0 spiro atoms. The minimum absolute atomic E-state index is 0.557. The van der Waals surface area contributed by atoms with E-state index in [1.807, 2.05) is 6.07 Å². The van der Waals surface area contributed by atoms with E-state index < -0.39 is 0 Å². The highest BCUT2D eigenvalue weighted by molar-refractivity contribution is 6.33. The Balaban J connectivity index is 1.64. The number of hydrogen-bond donors (Lipinski definition) is 0. The van der Waals surface area contributed by atoms with Crippen LogP contribution in [0.2, 0.25) is 5.02 Å². The molecule has 3 rings (SSSR count). The molecule has 0 heterocycles. The van der Waals surface area contributed by atoms with E-state index in [0.717, 1.165) is 28.5 Å². The largest absolute Gasteiger partial charge is 0.0945 e. The highest BCUT2D eigenvalue weighted by Crippen LogP contribution is 2.31. The third-order valence-electron chi connectivity index (χ3n) is 6.15. The van der Waals surface area contributed by atoms with Crippen LogP contribution in [0.3, 0.4) is 0 Å². The molecule has 0 atom stereocenters. The van der Waals surface area contributed by atoms with Crippen LogP contribution in [0.25, 0.3) is 11.1 Å². The molecule has 0 bridgehead atoms. The number of benzene rings is 2. The van der Waals surface area contributed by atoms with E-state index in [9.17, 15) is 0 Å². The predicted molar refractivity (Wildman–Crippen MR) is 123 cm³/mol. The molecule has 0 unspecified atom stereocenters. The molecule has 1 heteroatoms. The van der Waals surface area contributed by atoms with Gasteiger partial charge in [-0.2, -0.15) is 0 Å². The number of hydrogen-bond acceptors (Lipinski definition) is 0. The van der Waals surface area contributed by atoms with Crippen molar-refractivity contribution in [3.63, 3.8) is 0 Å². The van der Waals surface area contributed by atoms with E-state index in [1.54, 1.807) is 0 Å². The van der Waals surface area contributed by atoms with Gasteiger partial charge in [-0.1, -0.05) is 86.9 Å². The number of unbranched alkanes of at least 4 members (excludes halogenated alkanes) is 2. The molecule has 2 aromatic rings. The van der Waals surface area contributed by atoms with Gasteiger partial charge in [0.25, 0.3) is 0 Å². The van der Waals surface area contributed by atoms with Crippen LogP contribution in [0, 0.1) is 23.7 Å². The van der Waals surface area contributed by atoms with Gasteiger partial charge >= 0.3 is 0 Å². The summed E-state index contributed by atoms with van der Waals surface area (Å²) >= 11 is 6.60. The monoisotopic (exact) mass is 392 g/mol. The molecule has 1 saturated carbocycles. The van der Waals surface area contributed by atoms with E-state index >= 15 is 0 Å². The van der Waals surface area contributed by atoms with Crippen LogP contribution in [-0.4, -0.2) is 0 Å². The van der Waals surface area contributed by atoms with E-state index in [2.05, 4.69) is 62.1 Å². The lowest BCUT2D eigenvalue weighted by atomic mass is 9.81. The molecular weight excluding hydrogens is 360 g/mol. The van der Waals surface area contributed by atoms with Crippen molar-refractivity contribution < 1.29 is 0 Å². The van der Waals surface area contributed by atoms with Gasteiger partial charge in [-0.25, -0.2) is 0 Å². The van der Waals surface area contributed by atoms with Crippen molar-refractivity contribution in [1.82, 2.24) is 0 Å². The molecule has 1 aliphatic carbocycles. The van der Waals surface area contributed by atoms with Crippen molar-refractivity contribution in [2.45, 2.75) is 71.6 Å². The molecule has 0 radical (unpaired) electrons. The van der Waals surface area contributed by atoms with Gasteiger partial charge in [0.05, 0.1) is 0 Å². The molecular formula is C27H33Cl. The molecule has 1 fully saturated rings. The average molecular weight is 393 g/mol.